The van der Waals surface area contributed by atoms with Crippen LogP contribution in [0.4, 0.5) is 0 Å². The Morgan fingerprint density at radius 3 is 3.26 bits per heavy atom. The van der Waals surface area contributed by atoms with Gasteiger partial charge in [0, 0.05) is 18.5 Å². The van der Waals surface area contributed by atoms with Crippen LogP contribution in [-0.2, 0) is 4.74 Å². The Morgan fingerprint density at radius 2 is 2.53 bits per heavy atom. The molecule has 2 heterocycles. The summed E-state index contributed by atoms with van der Waals surface area (Å²) in [4.78, 5) is 12.8. The molecule has 0 aromatic carbocycles. The van der Waals surface area contributed by atoms with E-state index in [1.165, 1.54) is 11.3 Å². The summed E-state index contributed by atoms with van der Waals surface area (Å²) in [6.07, 6.45) is 3.43. The molecule has 1 aromatic heterocycles. The van der Waals surface area contributed by atoms with Gasteiger partial charge in [-0.3, -0.25) is 4.79 Å². The third kappa shape index (κ3) is 4.35. The number of amides is 1. The third-order valence-electron chi connectivity index (χ3n) is 2.95. The normalized spacial score (nSPS) is 17.8. The van der Waals surface area contributed by atoms with Gasteiger partial charge < -0.3 is 15.8 Å². The highest BCUT2D eigenvalue weighted by Crippen LogP contribution is 2.15. The first-order valence-corrected chi connectivity index (χ1v) is 7.35. The average Bonchev–Trinajstić information content (AvgIpc) is 3.07. The van der Waals surface area contributed by atoms with Crippen LogP contribution in [0.2, 0.25) is 0 Å². The minimum absolute atomic E-state index is 0.0463. The van der Waals surface area contributed by atoms with Crippen molar-refractivity contribution in [3.05, 3.63) is 21.9 Å². The summed E-state index contributed by atoms with van der Waals surface area (Å²) >= 11 is 1.46. The van der Waals surface area contributed by atoms with E-state index in [4.69, 9.17) is 10.5 Å². The number of thiophene rings is 1. The number of carbonyl (C=O) groups is 1. The molecule has 3 N–H and O–H groups in total. The maximum atomic E-state index is 11.9. The van der Waals surface area contributed by atoms with Gasteiger partial charge in [-0.2, -0.15) is 0 Å². The Bertz CT molecular complexity index is 481. The molecule has 0 radical (unpaired) electrons. The summed E-state index contributed by atoms with van der Waals surface area (Å²) in [5, 5.41) is 4.73. The van der Waals surface area contributed by atoms with Crippen LogP contribution in [0, 0.1) is 11.8 Å². The van der Waals surface area contributed by atoms with E-state index < -0.39 is 0 Å². The highest BCUT2D eigenvalue weighted by atomic mass is 32.1. The fourth-order valence-electron chi connectivity index (χ4n) is 1.98. The van der Waals surface area contributed by atoms with Crippen molar-refractivity contribution < 1.29 is 9.53 Å². The lowest BCUT2D eigenvalue weighted by Crippen LogP contribution is -2.26. The van der Waals surface area contributed by atoms with E-state index in [0.717, 1.165) is 30.7 Å². The second kappa shape index (κ2) is 7.29. The van der Waals surface area contributed by atoms with Crippen molar-refractivity contribution in [1.82, 2.24) is 5.32 Å². The minimum Gasteiger partial charge on any atom is -0.378 e. The van der Waals surface area contributed by atoms with Crippen LogP contribution in [0.5, 0.6) is 0 Å². The van der Waals surface area contributed by atoms with Gasteiger partial charge in [-0.25, -0.2) is 0 Å². The second-order valence-electron chi connectivity index (χ2n) is 4.39. The number of rotatable bonds is 4. The number of hydrogen-bond acceptors (Lipinski definition) is 4. The zero-order valence-electron chi connectivity index (χ0n) is 10.8. The van der Waals surface area contributed by atoms with E-state index in [-0.39, 0.29) is 5.91 Å². The van der Waals surface area contributed by atoms with Gasteiger partial charge in [0.05, 0.1) is 23.1 Å². The minimum atomic E-state index is -0.0463. The Kier molecular flexibility index (Phi) is 5.40. The molecule has 1 saturated heterocycles. The van der Waals surface area contributed by atoms with E-state index in [0.29, 0.717) is 24.8 Å². The van der Waals surface area contributed by atoms with Gasteiger partial charge in [-0.05, 0) is 25.3 Å². The van der Waals surface area contributed by atoms with Crippen molar-refractivity contribution in [3.63, 3.8) is 0 Å². The zero-order valence-corrected chi connectivity index (χ0v) is 11.6. The topological polar surface area (TPSA) is 64.4 Å². The van der Waals surface area contributed by atoms with Crippen LogP contribution in [0.25, 0.3) is 0 Å². The molecule has 0 saturated carbocycles. The molecule has 1 amide bonds. The largest absolute Gasteiger partial charge is 0.378 e. The third-order valence-corrected chi connectivity index (χ3v) is 3.80. The van der Waals surface area contributed by atoms with Gasteiger partial charge in [0.1, 0.15) is 0 Å². The van der Waals surface area contributed by atoms with Gasteiger partial charge in [0.25, 0.3) is 5.91 Å². The van der Waals surface area contributed by atoms with E-state index in [2.05, 4.69) is 17.2 Å². The highest BCUT2D eigenvalue weighted by molar-refractivity contribution is 7.10. The van der Waals surface area contributed by atoms with E-state index in [1.807, 2.05) is 5.38 Å². The molecule has 4 nitrogen and oxygen atoms in total. The van der Waals surface area contributed by atoms with E-state index >= 15 is 0 Å². The summed E-state index contributed by atoms with van der Waals surface area (Å²) in [7, 11) is 0. The maximum Gasteiger partial charge on any atom is 0.252 e. The molecule has 19 heavy (non-hydrogen) atoms. The fraction of sp³-hybridized carbons (Fsp3) is 0.500. The lowest BCUT2D eigenvalue weighted by molar-refractivity contribution is 0.0907. The number of ether oxygens (including phenoxy) is 1. The number of nitrogens with one attached hydrogen (secondary N) is 1. The molecule has 2 rings (SSSR count). The molecular weight excluding hydrogens is 260 g/mol. The van der Waals surface area contributed by atoms with Crippen LogP contribution in [0.3, 0.4) is 0 Å². The molecule has 1 fully saturated rings. The van der Waals surface area contributed by atoms with Crippen molar-refractivity contribution in [2.24, 2.45) is 5.73 Å². The number of carbonyl (C=O) groups excluding carboxylic acids is 1. The first kappa shape index (κ1) is 14.1. The van der Waals surface area contributed by atoms with Gasteiger partial charge in [-0.1, -0.05) is 11.8 Å². The maximum absolute atomic E-state index is 11.9. The van der Waals surface area contributed by atoms with Crippen molar-refractivity contribution >= 4 is 17.2 Å². The lowest BCUT2D eigenvalue weighted by atomic mass is 10.2. The molecular formula is C14H18N2O2S. The smallest absolute Gasteiger partial charge is 0.252 e. The Labute approximate surface area is 117 Å². The summed E-state index contributed by atoms with van der Waals surface area (Å²) in [6, 6.07) is 1.80. The van der Waals surface area contributed by atoms with Crippen molar-refractivity contribution in [2.45, 2.75) is 25.4 Å². The molecule has 0 aliphatic carbocycles. The Morgan fingerprint density at radius 1 is 1.63 bits per heavy atom. The van der Waals surface area contributed by atoms with E-state index in [1.54, 1.807) is 6.07 Å². The van der Waals surface area contributed by atoms with Gasteiger partial charge in [0.15, 0.2) is 0 Å². The summed E-state index contributed by atoms with van der Waals surface area (Å²) in [5.41, 5.74) is 5.97. The fourth-order valence-corrected chi connectivity index (χ4v) is 2.73. The molecule has 1 unspecified atom stereocenters. The Balaban J connectivity index is 1.77. The summed E-state index contributed by atoms with van der Waals surface area (Å²) < 4.78 is 5.51. The SMILES string of the molecule is NCC#Cc1cc(C(=O)NCCC2CCCO2)cs1. The molecule has 102 valence electrons. The van der Waals surface area contributed by atoms with Gasteiger partial charge in [-0.15, -0.1) is 11.3 Å². The number of nitrogens with two attached hydrogens (primary N) is 1. The second-order valence-corrected chi connectivity index (χ2v) is 5.30. The van der Waals surface area contributed by atoms with Crippen molar-refractivity contribution in [1.29, 1.82) is 0 Å². The molecule has 1 aliphatic heterocycles. The van der Waals surface area contributed by atoms with Crippen LogP contribution >= 0.6 is 11.3 Å². The highest BCUT2D eigenvalue weighted by Gasteiger charge is 2.15. The van der Waals surface area contributed by atoms with Crippen LogP contribution in [0.1, 0.15) is 34.5 Å². The van der Waals surface area contributed by atoms with Crippen molar-refractivity contribution in [3.8, 4) is 11.8 Å². The first-order chi connectivity index (χ1) is 9.29. The monoisotopic (exact) mass is 278 g/mol. The molecule has 0 bridgehead atoms. The molecule has 1 atom stereocenters. The van der Waals surface area contributed by atoms with Gasteiger partial charge in [0.2, 0.25) is 0 Å². The van der Waals surface area contributed by atoms with Crippen LogP contribution in [-0.4, -0.2) is 31.7 Å². The summed E-state index contributed by atoms with van der Waals surface area (Å²) in [6.45, 7) is 1.84. The lowest BCUT2D eigenvalue weighted by Gasteiger charge is -2.09. The standard InChI is InChI=1S/C14H18N2O2S/c15-6-1-4-13-9-11(10-19-13)14(17)16-7-5-12-3-2-8-18-12/h9-10,12H,2-3,5-8,15H2,(H,16,17). The molecule has 5 heteroatoms. The first-order valence-electron chi connectivity index (χ1n) is 6.47. The average molecular weight is 278 g/mol. The zero-order chi connectivity index (χ0) is 13.5. The van der Waals surface area contributed by atoms with Crippen LogP contribution in [0.15, 0.2) is 11.4 Å². The molecule has 1 aromatic rings. The van der Waals surface area contributed by atoms with Gasteiger partial charge >= 0.3 is 0 Å². The Hall–Kier alpha value is -1.35. The van der Waals surface area contributed by atoms with E-state index in [9.17, 15) is 4.79 Å². The predicted molar refractivity (Wildman–Crippen MR) is 76.2 cm³/mol. The molecule has 0 spiro atoms. The van der Waals surface area contributed by atoms with Crippen LogP contribution < -0.4 is 11.1 Å². The van der Waals surface area contributed by atoms with Crippen molar-refractivity contribution in [2.75, 3.05) is 19.7 Å². The quantitative estimate of drug-likeness (QED) is 0.817. The predicted octanol–water partition coefficient (Wildman–Crippen LogP) is 1.36. The number of hydrogen-bond donors (Lipinski definition) is 2. The summed E-state index contributed by atoms with van der Waals surface area (Å²) in [5.74, 6) is 5.65. The molecule has 1 aliphatic rings.